The molecule has 6 heteroatoms. The van der Waals surface area contributed by atoms with E-state index in [0.29, 0.717) is 10.7 Å². The Morgan fingerprint density at radius 3 is 2.33 bits per heavy atom. The summed E-state index contributed by atoms with van der Waals surface area (Å²) in [6, 6.07) is 4.59. The molecule has 0 radical (unpaired) electrons. The first-order chi connectivity index (χ1) is 6.83. The first-order valence-electron chi connectivity index (χ1n) is 4.29. The molecule has 0 saturated heterocycles. The van der Waals surface area contributed by atoms with Crippen LogP contribution in [0.2, 0.25) is 10.0 Å². The minimum atomic E-state index is -3.36. The third kappa shape index (κ3) is 3.26. The molecule has 3 nitrogen and oxygen atoms in total. The molecule has 0 saturated carbocycles. The summed E-state index contributed by atoms with van der Waals surface area (Å²) in [4.78, 5) is 0. The number of hydrogen-bond donors (Lipinski definition) is 1. The molecule has 0 aliphatic rings. The van der Waals surface area contributed by atoms with Crippen molar-refractivity contribution in [2.45, 2.75) is 19.1 Å². The van der Waals surface area contributed by atoms with Crippen LogP contribution in [0.4, 0.5) is 5.69 Å². The van der Waals surface area contributed by atoms with E-state index >= 15 is 0 Å². The second-order valence-electron chi connectivity index (χ2n) is 3.32. The number of nitrogens with one attached hydrogen (secondary N) is 1. The Balaban J connectivity index is 3.01. The second-order valence-corrected chi connectivity index (χ2v) is 6.40. The molecule has 0 bridgehead atoms. The molecule has 0 spiro atoms. The number of sulfonamides is 1. The molecule has 1 N–H and O–H groups in total. The van der Waals surface area contributed by atoms with Crippen molar-refractivity contribution in [3.63, 3.8) is 0 Å². The fourth-order valence-electron chi connectivity index (χ4n) is 0.843. The van der Waals surface area contributed by atoms with Crippen LogP contribution in [-0.4, -0.2) is 13.7 Å². The number of rotatable bonds is 3. The molecule has 15 heavy (non-hydrogen) atoms. The van der Waals surface area contributed by atoms with Gasteiger partial charge >= 0.3 is 0 Å². The van der Waals surface area contributed by atoms with E-state index in [1.54, 1.807) is 19.9 Å². The minimum Gasteiger partial charge on any atom is -0.282 e. The van der Waals surface area contributed by atoms with Crippen LogP contribution in [0, 0.1) is 0 Å². The van der Waals surface area contributed by atoms with E-state index < -0.39 is 15.3 Å². The Kier molecular flexibility index (Phi) is 3.87. The summed E-state index contributed by atoms with van der Waals surface area (Å²) in [6.45, 7) is 3.18. The van der Waals surface area contributed by atoms with Gasteiger partial charge in [-0.25, -0.2) is 8.42 Å². The highest BCUT2D eigenvalue weighted by molar-refractivity contribution is 7.93. The normalized spacial score (nSPS) is 11.8. The zero-order valence-electron chi connectivity index (χ0n) is 8.29. The molecule has 0 amide bonds. The van der Waals surface area contributed by atoms with Crippen LogP contribution in [0.5, 0.6) is 0 Å². The number of hydrogen-bond acceptors (Lipinski definition) is 2. The van der Waals surface area contributed by atoms with E-state index in [0.717, 1.165) is 0 Å². The molecule has 0 fully saturated rings. The predicted molar refractivity (Wildman–Crippen MR) is 64.1 cm³/mol. The third-order valence-electron chi connectivity index (χ3n) is 1.80. The molecular formula is C9H11Cl2NO2S. The molecule has 1 rings (SSSR count). The summed E-state index contributed by atoms with van der Waals surface area (Å²) < 4.78 is 25.5. The summed E-state index contributed by atoms with van der Waals surface area (Å²) in [5, 5.41) is 0.239. The Bertz CT molecular complexity index is 457. The van der Waals surface area contributed by atoms with Gasteiger partial charge in [0.2, 0.25) is 10.0 Å². The first kappa shape index (κ1) is 12.6. The third-order valence-corrected chi connectivity index (χ3v) is 4.10. The molecule has 0 aliphatic carbocycles. The predicted octanol–water partition coefficient (Wildman–Crippen LogP) is 3.14. The molecule has 0 unspecified atom stereocenters. The van der Waals surface area contributed by atoms with Crippen LogP contribution in [0.25, 0.3) is 0 Å². The lowest BCUT2D eigenvalue weighted by atomic mass is 10.3. The lowest BCUT2D eigenvalue weighted by Gasteiger charge is -2.11. The van der Waals surface area contributed by atoms with Gasteiger partial charge in [-0.15, -0.1) is 0 Å². The average molecular weight is 268 g/mol. The fourth-order valence-corrected chi connectivity index (χ4v) is 2.08. The molecule has 84 valence electrons. The van der Waals surface area contributed by atoms with E-state index in [9.17, 15) is 8.42 Å². The smallest absolute Gasteiger partial charge is 0.235 e. The minimum absolute atomic E-state index is 0.284. The molecule has 0 aliphatic heterocycles. The Hall–Kier alpha value is -0.450. The van der Waals surface area contributed by atoms with Crippen LogP contribution < -0.4 is 4.72 Å². The van der Waals surface area contributed by atoms with Crippen molar-refractivity contribution in [3.8, 4) is 0 Å². The maximum Gasteiger partial charge on any atom is 0.235 e. The quantitative estimate of drug-likeness (QED) is 0.915. The highest BCUT2D eigenvalue weighted by Crippen LogP contribution is 2.26. The van der Waals surface area contributed by atoms with E-state index in [2.05, 4.69) is 4.72 Å². The van der Waals surface area contributed by atoms with Gasteiger partial charge in [-0.2, -0.15) is 0 Å². The molecular weight excluding hydrogens is 257 g/mol. The van der Waals surface area contributed by atoms with Gasteiger partial charge in [0.25, 0.3) is 0 Å². The van der Waals surface area contributed by atoms with Crippen molar-refractivity contribution >= 4 is 38.9 Å². The van der Waals surface area contributed by atoms with Gasteiger partial charge < -0.3 is 0 Å². The highest BCUT2D eigenvalue weighted by atomic mass is 35.5. The monoisotopic (exact) mass is 267 g/mol. The van der Waals surface area contributed by atoms with Crippen molar-refractivity contribution < 1.29 is 8.42 Å². The van der Waals surface area contributed by atoms with Gasteiger partial charge in [0.15, 0.2) is 0 Å². The summed E-state index contributed by atoms with van der Waals surface area (Å²) in [5.41, 5.74) is 0.342. The molecule has 0 heterocycles. The van der Waals surface area contributed by atoms with Crippen LogP contribution in [0.1, 0.15) is 13.8 Å². The Morgan fingerprint density at radius 2 is 1.87 bits per heavy atom. The fraction of sp³-hybridized carbons (Fsp3) is 0.333. The van der Waals surface area contributed by atoms with Gasteiger partial charge in [0, 0.05) is 5.02 Å². The molecule has 1 aromatic rings. The summed E-state index contributed by atoms with van der Waals surface area (Å²) in [7, 11) is -3.36. The zero-order chi connectivity index (χ0) is 11.6. The largest absolute Gasteiger partial charge is 0.282 e. The number of anilines is 1. The lowest BCUT2D eigenvalue weighted by Crippen LogP contribution is -2.22. The van der Waals surface area contributed by atoms with Crippen molar-refractivity contribution in [2.75, 3.05) is 4.72 Å². The topological polar surface area (TPSA) is 46.2 Å². The van der Waals surface area contributed by atoms with E-state index in [4.69, 9.17) is 23.2 Å². The standard InChI is InChI=1S/C9H11Cl2NO2S/c1-6(2)15(13,14)12-9-4-3-7(10)5-8(9)11/h3-6,12H,1-2H3. The Morgan fingerprint density at radius 1 is 1.27 bits per heavy atom. The van der Waals surface area contributed by atoms with Gasteiger partial charge in [0.05, 0.1) is 16.0 Å². The summed E-state index contributed by atoms with van der Waals surface area (Å²) in [5.74, 6) is 0. The van der Waals surface area contributed by atoms with Crippen molar-refractivity contribution in [3.05, 3.63) is 28.2 Å². The maximum atomic E-state index is 11.5. The van der Waals surface area contributed by atoms with Crippen molar-refractivity contribution in [2.24, 2.45) is 0 Å². The van der Waals surface area contributed by atoms with Crippen LogP contribution in [-0.2, 0) is 10.0 Å². The van der Waals surface area contributed by atoms with Gasteiger partial charge in [0.1, 0.15) is 0 Å². The van der Waals surface area contributed by atoms with Crippen molar-refractivity contribution in [1.29, 1.82) is 0 Å². The maximum absolute atomic E-state index is 11.5. The summed E-state index contributed by atoms with van der Waals surface area (Å²) in [6.07, 6.45) is 0. The van der Waals surface area contributed by atoms with E-state index in [-0.39, 0.29) is 5.02 Å². The average Bonchev–Trinajstić information content (AvgIpc) is 2.09. The van der Waals surface area contributed by atoms with Crippen LogP contribution >= 0.6 is 23.2 Å². The Labute approximate surface area is 99.4 Å². The number of halogens is 2. The summed E-state index contributed by atoms with van der Waals surface area (Å²) >= 11 is 11.5. The molecule has 0 atom stereocenters. The van der Waals surface area contributed by atoms with Gasteiger partial charge in [-0.05, 0) is 32.0 Å². The second kappa shape index (κ2) is 4.60. The van der Waals surface area contributed by atoms with Crippen LogP contribution in [0.15, 0.2) is 18.2 Å². The lowest BCUT2D eigenvalue weighted by molar-refractivity contribution is 0.593. The van der Waals surface area contributed by atoms with Gasteiger partial charge in [-0.1, -0.05) is 23.2 Å². The SMILES string of the molecule is CC(C)S(=O)(=O)Nc1ccc(Cl)cc1Cl. The zero-order valence-corrected chi connectivity index (χ0v) is 10.6. The molecule has 0 aromatic heterocycles. The van der Waals surface area contributed by atoms with E-state index in [1.807, 2.05) is 0 Å². The molecule has 1 aromatic carbocycles. The van der Waals surface area contributed by atoms with Crippen LogP contribution in [0.3, 0.4) is 0 Å². The van der Waals surface area contributed by atoms with Crippen molar-refractivity contribution in [1.82, 2.24) is 0 Å². The number of benzene rings is 1. The highest BCUT2D eigenvalue weighted by Gasteiger charge is 2.16. The van der Waals surface area contributed by atoms with E-state index in [1.165, 1.54) is 12.1 Å². The van der Waals surface area contributed by atoms with Gasteiger partial charge in [-0.3, -0.25) is 4.72 Å². The first-order valence-corrected chi connectivity index (χ1v) is 6.60.